The van der Waals surface area contributed by atoms with Gasteiger partial charge < -0.3 is 44.9 Å². The second kappa shape index (κ2) is 30.6. The van der Waals surface area contributed by atoms with Crippen LogP contribution in [0.1, 0.15) is 107 Å². The number of rotatable bonds is 32. The van der Waals surface area contributed by atoms with Crippen molar-refractivity contribution in [1.82, 2.24) is 16.0 Å². The normalized spacial score (nSPS) is 13.0. The van der Waals surface area contributed by atoms with E-state index in [-0.39, 0.29) is 63.7 Å². The van der Waals surface area contributed by atoms with Gasteiger partial charge in [0.2, 0.25) is 28.5 Å². The van der Waals surface area contributed by atoms with Gasteiger partial charge in [-0.1, -0.05) is 24.6 Å². The highest BCUT2D eigenvalue weighted by Gasteiger charge is 2.25. The van der Waals surface area contributed by atoms with Crippen molar-refractivity contribution in [3.05, 3.63) is 97.1 Å². The number of hydrogen-bond acceptors (Lipinski definition) is 14. The summed E-state index contributed by atoms with van der Waals surface area (Å²) in [6.07, 6.45) is 2.80. The molecule has 0 saturated heterocycles. The number of alkyl carbamates (subject to hydrolysis) is 1. The first kappa shape index (κ1) is 62.3. The van der Waals surface area contributed by atoms with Crippen LogP contribution in [0.5, 0.6) is 0 Å². The van der Waals surface area contributed by atoms with Gasteiger partial charge in [0.15, 0.2) is 0 Å². The molecule has 4 aromatic carbocycles. The Labute approximate surface area is 460 Å². The average Bonchev–Trinajstić information content (AvgIpc) is 3.39. The number of pyridine rings is 1. The summed E-state index contributed by atoms with van der Waals surface area (Å²) in [6, 6.07) is 33.4. The van der Waals surface area contributed by atoms with Crippen LogP contribution in [0.25, 0.3) is 27.5 Å². The number of hydrogen-bond donors (Lipinski definition) is 4. The van der Waals surface area contributed by atoms with Crippen molar-refractivity contribution >= 4 is 76.3 Å². The summed E-state index contributed by atoms with van der Waals surface area (Å²) in [5, 5.41) is 19.9. The molecule has 78 heavy (non-hydrogen) atoms. The highest BCUT2D eigenvalue weighted by atomic mass is 31.2. The molecule has 0 spiro atoms. The number of unbranched alkanes of at least 4 members (excludes halogenated alkanes) is 2. The van der Waals surface area contributed by atoms with E-state index in [1.807, 2.05) is 64.2 Å². The van der Waals surface area contributed by atoms with Crippen molar-refractivity contribution in [3.63, 3.8) is 0 Å². The van der Waals surface area contributed by atoms with Crippen LogP contribution in [-0.4, -0.2) is 112 Å². The lowest BCUT2D eigenvalue weighted by molar-refractivity contribution is -0.537. The van der Waals surface area contributed by atoms with Gasteiger partial charge >= 0.3 is 19.9 Å². The Balaban J connectivity index is 0.942. The second-order valence-corrected chi connectivity index (χ2v) is 22.2. The van der Waals surface area contributed by atoms with Gasteiger partial charge in [-0.05, 0) is 136 Å². The Hall–Kier alpha value is -6.50. The Morgan fingerprint density at radius 1 is 0.705 bits per heavy atom. The molecule has 3 amide bonds. The molecule has 5 rings (SSSR count). The zero-order valence-corrected chi connectivity index (χ0v) is 47.9. The Kier molecular flexibility index (Phi) is 24.5. The number of nitrogens with one attached hydrogen (secondary N) is 3. The number of nitrogens with zero attached hydrogens (tertiary/aromatic N) is 5. The highest BCUT2D eigenvalue weighted by molar-refractivity contribution is 7.47. The van der Waals surface area contributed by atoms with E-state index in [4.69, 9.17) is 23.3 Å². The quantitative estimate of drug-likeness (QED) is 0.00787. The maximum absolute atomic E-state index is 13.0. The molecule has 5 aromatic rings. The summed E-state index contributed by atoms with van der Waals surface area (Å²) in [7, 11) is -2.44. The lowest BCUT2D eigenvalue weighted by Gasteiger charge is -2.28. The topological polar surface area (TPSA) is 223 Å². The molecular formula is C58H82N8O11P+. The molecule has 2 unspecified atom stereocenters. The Morgan fingerprint density at radius 2 is 1.36 bits per heavy atom. The summed E-state index contributed by atoms with van der Waals surface area (Å²) in [5.41, 5.74) is 5.65. The fourth-order valence-corrected chi connectivity index (χ4v) is 9.07. The molecule has 1 aromatic heterocycles. The van der Waals surface area contributed by atoms with Crippen LogP contribution in [0.3, 0.4) is 0 Å². The van der Waals surface area contributed by atoms with Crippen LogP contribution in [0, 0.1) is 0 Å². The average molecular weight is 1100 g/mol. The Bertz CT molecular complexity index is 2800. The standard InChI is InChI=1S/C58H81N8O11P/c1-10-65(11-2)50-29-25-45-39-44-24-26-47(40-51(44)66(52(45)41-50)49-19-14-12-15-20-49)63-62-46-27-30-48(31-28-46)64(9)35-18-21-54(68)61-58(7,8)42-74-43(3)23-32-53(67)59-34-36-75-78(71,72)76-38-37-73-55(69)22-16-13-17-33-60-56(70)77-57(4,5)6/h12,14-15,19-20,24-31,39-41,43H,10-11,13,16-18,21-23,32-38,42H2,1-9H3,(H3-,59,60,61,67,68,70,71,72)/p+1. The van der Waals surface area contributed by atoms with Crippen LogP contribution < -0.4 is 30.3 Å². The molecule has 0 aliphatic rings. The number of azo groups is 1. The number of esters is 1. The van der Waals surface area contributed by atoms with E-state index in [0.29, 0.717) is 51.6 Å². The summed E-state index contributed by atoms with van der Waals surface area (Å²) >= 11 is 0. The fourth-order valence-electron chi connectivity index (χ4n) is 8.37. The predicted molar refractivity (Wildman–Crippen MR) is 305 cm³/mol. The smallest absolute Gasteiger partial charge is 0.463 e. The maximum Gasteiger partial charge on any atom is 0.472 e. The third kappa shape index (κ3) is 21.7. The summed E-state index contributed by atoms with van der Waals surface area (Å²) in [4.78, 5) is 63.4. The molecule has 20 heteroatoms. The number of aromatic nitrogens is 1. The van der Waals surface area contributed by atoms with Crippen molar-refractivity contribution in [2.24, 2.45) is 10.2 Å². The molecule has 2 atom stereocenters. The first-order valence-electron chi connectivity index (χ1n) is 27.0. The van der Waals surface area contributed by atoms with E-state index in [2.05, 4.69) is 115 Å². The number of amides is 3. The van der Waals surface area contributed by atoms with Crippen LogP contribution in [0.2, 0.25) is 0 Å². The third-order valence-corrected chi connectivity index (χ3v) is 13.4. The molecule has 0 radical (unpaired) electrons. The number of carbonyl (C=O) groups is 4. The maximum atomic E-state index is 13.0. The van der Waals surface area contributed by atoms with Gasteiger partial charge in [-0.3, -0.25) is 23.4 Å². The number of benzene rings is 4. The van der Waals surface area contributed by atoms with Gasteiger partial charge in [-0.2, -0.15) is 14.8 Å². The molecule has 4 N–H and O–H groups in total. The van der Waals surface area contributed by atoms with Crippen molar-refractivity contribution in [1.29, 1.82) is 0 Å². The van der Waals surface area contributed by atoms with Crippen molar-refractivity contribution in [3.8, 4) is 5.69 Å². The largest absolute Gasteiger partial charge is 0.472 e. The van der Waals surface area contributed by atoms with Crippen LogP contribution in [0.4, 0.5) is 27.5 Å². The number of anilines is 2. The van der Waals surface area contributed by atoms with Gasteiger partial charge in [0, 0.05) is 105 Å². The van der Waals surface area contributed by atoms with E-state index < -0.39 is 31.0 Å². The van der Waals surface area contributed by atoms with Gasteiger partial charge in [0.25, 0.3) is 0 Å². The number of phosphoric acid groups is 1. The zero-order chi connectivity index (χ0) is 56.7. The van der Waals surface area contributed by atoms with E-state index >= 15 is 0 Å². The first-order chi connectivity index (χ1) is 37.1. The van der Waals surface area contributed by atoms with Crippen LogP contribution in [0.15, 0.2) is 107 Å². The molecule has 0 saturated carbocycles. The minimum atomic E-state index is -4.43. The fraction of sp³-hybridized carbons (Fsp3) is 0.500. The molecule has 0 aliphatic carbocycles. The number of ether oxygens (including phenoxy) is 3. The number of fused-ring (bicyclic) bond motifs is 2. The van der Waals surface area contributed by atoms with Crippen LogP contribution >= 0.6 is 7.82 Å². The Morgan fingerprint density at radius 3 is 2.06 bits per heavy atom. The summed E-state index contributed by atoms with van der Waals surface area (Å²) in [6.45, 7) is 17.6. The van der Waals surface area contributed by atoms with Gasteiger partial charge in [-0.25, -0.2) is 9.36 Å². The van der Waals surface area contributed by atoms with Gasteiger partial charge in [-0.15, -0.1) is 0 Å². The van der Waals surface area contributed by atoms with E-state index in [1.54, 1.807) is 20.8 Å². The molecule has 1 heterocycles. The highest BCUT2D eigenvalue weighted by Crippen LogP contribution is 2.42. The minimum Gasteiger partial charge on any atom is -0.463 e. The van der Waals surface area contributed by atoms with Crippen molar-refractivity contribution < 1.29 is 56.5 Å². The van der Waals surface area contributed by atoms with Gasteiger partial charge in [0.05, 0.1) is 42.8 Å². The second-order valence-electron chi connectivity index (χ2n) is 20.8. The van der Waals surface area contributed by atoms with Crippen molar-refractivity contribution in [2.45, 2.75) is 124 Å². The lowest BCUT2D eigenvalue weighted by Crippen LogP contribution is -2.47. The number of para-hydroxylation sites is 1. The number of phosphoric ester groups is 1. The van der Waals surface area contributed by atoms with Gasteiger partial charge in [0.1, 0.15) is 12.2 Å². The summed E-state index contributed by atoms with van der Waals surface area (Å²) < 4.78 is 40.4. The SMILES string of the molecule is CCN(CC)c1ccc2cc3ccc(N=Nc4ccc(N(C)CCCC(=O)NC(C)(C)COC(C)CCC(=O)NCCOP(=O)(O)OCCOC(=O)CCCCCNC(=O)OC(C)(C)C)cc4)cc3[n+](-c3ccccc3)c2c1. The zero-order valence-electron chi connectivity index (χ0n) is 47.0. The van der Waals surface area contributed by atoms with Crippen LogP contribution in [-0.2, 0) is 42.2 Å². The minimum absolute atomic E-state index is 0.0286. The van der Waals surface area contributed by atoms with E-state index in [9.17, 15) is 28.6 Å². The lowest BCUT2D eigenvalue weighted by atomic mass is 10.1. The predicted octanol–water partition coefficient (Wildman–Crippen LogP) is 10.7. The molecule has 0 bridgehead atoms. The molecular weight excluding hydrogens is 1020 g/mol. The monoisotopic (exact) mass is 1100 g/mol. The molecule has 19 nitrogen and oxygen atoms in total. The third-order valence-electron chi connectivity index (χ3n) is 12.4. The van der Waals surface area contributed by atoms with Crippen molar-refractivity contribution in [2.75, 3.05) is 76.0 Å². The molecule has 424 valence electrons. The summed E-state index contributed by atoms with van der Waals surface area (Å²) in [5.74, 6) is -0.859. The van der Waals surface area contributed by atoms with E-state index in [1.165, 1.54) is 5.69 Å². The van der Waals surface area contributed by atoms with E-state index in [0.717, 1.165) is 57.6 Å². The first-order valence-corrected chi connectivity index (χ1v) is 28.5. The molecule has 0 fully saturated rings. The molecule has 0 aliphatic heterocycles. The number of carbonyl (C=O) groups excluding carboxylic acids is 4.